The van der Waals surface area contributed by atoms with E-state index in [1.807, 2.05) is 6.07 Å². The summed E-state index contributed by atoms with van der Waals surface area (Å²) in [6.07, 6.45) is 1.72. The first kappa shape index (κ1) is 50.7. The van der Waals surface area contributed by atoms with Gasteiger partial charge < -0.3 is 8.98 Å². The van der Waals surface area contributed by atoms with Crippen molar-refractivity contribution in [3.63, 3.8) is 0 Å². The number of fused-ring (bicyclic) bond motifs is 9. The molecule has 12 aromatic rings. The van der Waals surface area contributed by atoms with Gasteiger partial charge in [0.15, 0.2) is 0 Å². The van der Waals surface area contributed by atoms with Crippen LogP contribution in [0.5, 0.6) is 0 Å². The normalized spacial score (nSPS) is 13.1. The number of rotatable bonds is 8. The molecule has 0 bridgehead atoms. The molecule has 0 fully saturated rings. The molecule has 9 aromatic carbocycles. The maximum atomic E-state index is 7.35. The molecule has 0 aliphatic carbocycles. The minimum Gasteiger partial charge on any atom is -0.501 e. The van der Waals surface area contributed by atoms with Crippen molar-refractivity contribution < 1.29 is 28.6 Å². The Labute approximate surface area is 480 Å². The first-order valence-corrected chi connectivity index (χ1v) is 34.1. The van der Waals surface area contributed by atoms with Crippen molar-refractivity contribution in [2.24, 2.45) is 0 Å². The third kappa shape index (κ3) is 10.2. The standard InChI is InChI=1S/C55H53N2OSi2.C15H17N2.Ir/c1-33(2)46-29-39(38-26-40(59(5,6)7)31-41(27-38)60(8,9)10)30-47(34(3)4)52(46)57-53-43-19-14-12-17-36(43)24-25-50(53)56-55(57)45-21-15-20-44-49-28-37-23-22-35-16-11-13-18-42(35)48(37)32-51(49)58-54(44)45;1-11-5-7-12(8-6-11)14-16-10-9-13(17-14)15(2,3)4;/h11-20,22-34H,1-10H3;5-7,9-10H,1-4H3;/q2*-1;/i;1D3;. The molecule has 12 rings (SSSR count). The molecule has 5 nitrogen and oxygen atoms in total. The molecule has 395 valence electrons. The molecule has 8 heteroatoms. The van der Waals surface area contributed by atoms with Crippen molar-refractivity contribution in [2.75, 3.05) is 0 Å². The average molecular weight is 1230 g/mol. The van der Waals surface area contributed by atoms with Crippen molar-refractivity contribution in [3.05, 3.63) is 192 Å². The molecular formula is C70H70IrN4OSi2-2. The summed E-state index contributed by atoms with van der Waals surface area (Å²) in [4.78, 5) is 14.3. The van der Waals surface area contributed by atoms with Gasteiger partial charge in [0.2, 0.25) is 0 Å². The van der Waals surface area contributed by atoms with E-state index in [1.165, 1.54) is 76.7 Å². The molecule has 0 aliphatic heterocycles. The van der Waals surface area contributed by atoms with E-state index >= 15 is 0 Å². The van der Waals surface area contributed by atoms with Gasteiger partial charge in [0.05, 0.1) is 44.4 Å². The Balaban J connectivity index is 0.000000297. The first-order valence-electron chi connectivity index (χ1n) is 28.6. The first-order chi connectivity index (χ1) is 37.8. The van der Waals surface area contributed by atoms with Crippen LogP contribution >= 0.6 is 0 Å². The summed E-state index contributed by atoms with van der Waals surface area (Å²) in [5.74, 6) is 1.89. The van der Waals surface area contributed by atoms with E-state index in [0.29, 0.717) is 11.4 Å². The van der Waals surface area contributed by atoms with Crippen LogP contribution in [0.15, 0.2) is 162 Å². The fourth-order valence-electron chi connectivity index (χ4n) is 10.7. The number of furan rings is 1. The summed E-state index contributed by atoms with van der Waals surface area (Å²) in [7, 11) is -3.20. The maximum absolute atomic E-state index is 7.35. The van der Waals surface area contributed by atoms with Crippen LogP contribution in [0.25, 0.3) is 105 Å². The summed E-state index contributed by atoms with van der Waals surface area (Å²) in [5.41, 5.74) is 12.9. The quantitative estimate of drug-likeness (QED) is 0.0864. The molecule has 0 atom stereocenters. The molecule has 0 amide bonds. The number of imidazole rings is 1. The van der Waals surface area contributed by atoms with E-state index in [2.05, 4.69) is 242 Å². The maximum Gasteiger partial charge on any atom is 0.121 e. The second-order valence-electron chi connectivity index (χ2n) is 24.6. The average Bonchev–Trinajstić information content (AvgIpc) is 4.17. The van der Waals surface area contributed by atoms with Gasteiger partial charge in [-0.1, -0.05) is 201 Å². The summed E-state index contributed by atoms with van der Waals surface area (Å²) in [6.45, 7) is 28.4. The number of hydrogen-bond donors (Lipinski definition) is 0. The van der Waals surface area contributed by atoms with Crippen molar-refractivity contribution >= 4 is 91.8 Å². The van der Waals surface area contributed by atoms with Crippen LogP contribution < -0.4 is 10.4 Å². The molecule has 0 saturated carbocycles. The van der Waals surface area contributed by atoms with E-state index in [1.54, 1.807) is 18.3 Å². The topological polar surface area (TPSA) is 56.7 Å². The second-order valence-corrected chi connectivity index (χ2v) is 34.8. The summed E-state index contributed by atoms with van der Waals surface area (Å²) < 4.78 is 31.5. The molecule has 0 aliphatic rings. The molecule has 1 radical (unpaired) electrons. The predicted octanol–water partition coefficient (Wildman–Crippen LogP) is 18.4. The zero-order valence-corrected chi connectivity index (χ0v) is 51.6. The van der Waals surface area contributed by atoms with Gasteiger partial charge in [0.1, 0.15) is 5.58 Å². The van der Waals surface area contributed by atoms with Crippen molar-refractivity contribution in [1.82, 2.24) is 19.5 Å². The minimum absolute atomic E-state index is 0. The van der Waals surface area contributed by atoms with E-state index < -0.39 is 23.0 Å². The molecular weight excluding hydrogens is 1160 g/mol. The van der Waals surface area contributed by atoms with Gasteiger partial charge in [-0.3, -0.25) is 15.0 Å². The van der Waals surface area contributed by atoms with Gasteiger partial charge in [-0.25, -0.2) is 0 Å². The Bertz CT molecular complexity index is 4300. The molecule has 0 saturated heterocycles. The van der Waals surface area contributed by atoms with Gasteiger partial charge >= 0.3 is 0 Å². The van der Waals surface area contributed by atoms with E-state index in [-0.39, 0.29) is 42.9 Å². The van der Waals surface area contributed by atoms with Crippen LogP contribution in [0.4, 0.5) is 0 Å². The monoisotopic (exact) mass is 1230 g/mol. The Hall–Kier alpha value is -6.81. The molecule has 3 aromatic heterocycles. The number of benzene rings is 9. The summed E-state index contributed by atoms with van der Waals surface area (Å²) in [6, 6.07) is 60.7. The van der Waals surface area contributed by atoms with Gasteiger partial charge in [0, 0.05) is 58.0 Å². The minimum atomic E-state index is -2.11. The molecule has 0 unspecified atom stereocenters. The Kier molecular flexibility index (Phi) is 13.5. The second kappa shape index (κ2) is 20.8. The van der Waals surface area contributed by atoms with Gasteiger partial charge in [-0.2, -0.15) is 0 Å². The van der Waals surface area contributed by atoms with Crippen LogP contribution in [-0.2, 0) is 25.5 Å². The fraction of sp³-hybridized carbons (Fsp3) is 0.243. The zero-order chi connectivity index (χ0) is 56.8. The summed E-state index contributed by atoms with van der Waals surface area (Å²) in [5, 5.41) is 12.5. The van der Waals surface area contributed by atoms with Crippen molar-refractivity contribution in [2.45, 2.75) is 112 Å². The van der Waals surface area contributed by atoms with Crippen LogP contribution in [-0.4, -0.2) is 35.7 Å². The Morgan fingerprint density at radius 1 is 0.603 bits per heavy atom. The van der Waals surface area contributed by atoms with E-state index in [0.717, 1.165) is 50.1 Å². The van der Waals surface area contributed by atoms with Crippen LogP contribution in [0.3, 0.4) is 0 Å². The molecule has 78 heavy (non-hydrogen) atoms. The zero-order valence-electron chi connectivity index (χ0n) is 50.2. The number of nitrogens with zero attached hydrogens (tertiary/aromatic N) is 4. The number of hydrogen-bond acceptors (Lipinski definition) is 4. The van der Waals surface area contributed by atoms with E-state index in [4.69, 9.17) is 13.5 Å². The smallest absolute Gasteiger partial charge is 0.121 e. The van der Waals surface area contributed by atoms with Crippen molar-refractivity contribution in [3.8, 4) is 39.6 Å². The molecule has 3 heterocycles. The SMILES string of the molecule is CC(C)c1cc(-c2cc([Si](C)(C)C)cc([Si](C)(C)C)c2)cc(C(C)C)c1-n1c(-c2[c-]ccc3c2oc2cc4c(ccc5ccccc54)cc23)nc2ccc3ccccc3c21.[2H]C([2H])([2H])c1c[c-]c(-c2nccc(C(C)(C)C)n2)cc1.[Ir]. The molecule has 0 spiro atoms. The van der Waals surface area contributed by atoms with Crippen LogP contribution in [0.1, 0.15) is 86.8 Å². The van der Waals surface area contributed by atoms with E-state index in [9.17, 15) is 0 Å². The Morgan fingerprint density at radius 3 is 1.86 bits per heavy atom. The van der Waals surface area contributed by atoms with Crippen LogP contribution in [0.2, 0.25) is 39.3 Å². The number of aromatic nitrogens is 4. The third-order valence-corrected chi connectivity index (χ3v) is 19.2. The Morgan fingerprint density at radius 2 is 1.23 bits per heavy atom. The van der Waals surface area contributed by atoms with Gasteiger partial charge in [-0.15, -0.1) is 53.6 Å². The van der Waals surface area contributed by atoms with Crippen molar-refractivity contribution in [1.29, 1.82) is 0 Å². The summed E-state index contributed by atoms with van der Waals surface area (Å²) >= 11 is 0. The predicted molar refractivity (Wildman–Crippen MR) is 334 cm³/mol. The third-order valence-electron chi connectivity index (χ3n) is 15.2. The van der Waals surface area contributed by atoms with Gasteiger partial charge in [-0.05, 0) is 97.4 Å². The molecule has 0 N–H and O–H groups in total. The fourth-order valence-corrected chi connectivity index (χ4v) is 13.2. The number of aryl methyl sites for hydroxylation is 1. The van der Waals surface area contributed by atoms with Gasteiger partial charge in [0.25, 0.3) is 0 Å². The largest absolute Gasteiger partial charge is 0.501 e. The van der Waals surface area contributed by atoms with Crippen LogP contribution in [0, 0.1) is 19.0 Å².